The van der Waals surface area contributed by atoms with Crippen molar-refractivity contribution in [3.05, 3.63) is 29.1 Å². The monoisotopic (exact) mass is 251 g/mol. The number of hydrogen-bond donors (Lipinski definition) is 1. The van der Waals surface area contributed by atoms with Gasteiger partial charge in [0.1, 0.15) is 11.6 Å². The molecular weight excluding hydrogens is 229 g/mol. The average Bonchev–Trinajstić information content (AvgIpc) is 2.41. The summed E-state index contributed by atoms with van der Waals surface area (Å²) in [6.07, 6.45) is 5.71. The van der Waals surface area contributed by atoms with Crippen molar-refractivity contribution in [2.75, 3.05) is 13.7 Å². The molecule has 0 aliphatic heterocycles. The molecule has 0 unspecified atom stereocenters. The third-order valence-electron chi connectivity index (χ3n) is 4.32. The third-order valence-corrected chi connectivity index (χ3v) is 4.32. The molecule has 0 radical (unpaired) electrons. The van der Waals surface area contributed by atoms with Crippen LogP contribution in [0.2, 0.25) is 0 Å². The molecule has 2 nitrogen and oxygen atoms in total. The zero-order chi connectivity index (χ0) is 13.2. The summed E-state index contributed by atoms with van der Waals surface area (Å²) in [5.41, 5.74) is 8.04. The van der Waals surface area contributed by atoms with Gasteiger partial charge in [-0.05, 0) is 37.0 Å². The number of methoxy groups -OCH3 is 1. The summed E-state index contributed by atoms with van der Waals surface area (Å²) in [5.74, 6) is 0.397. The molecule has 1 aliphatic carbocycles. The molecule has 1 aromatic carbocycles. The van der Waals surface area contributed by atoms with Crippen LogP contribution < -0.4 is 10.5 Å². The minimum absolute atomic E-state index is 0.0578. The van der Waals surface area contributed by atoms with Gasteiger partial charge in [-0.2, -0.15) is 0 Å². The molecule has 1 fully saturated rings. The number of benzene rings is 1. The fourth-order valence-electron chi connectivity index (χ4n) is 3.23. The first-order valence-corrected chi connectivity index (χ1v) is 6.67. The molecule has 0 bridgehead atoms. The molecule has 0 heterocycles. The van der Waals surface area contributed by atoms with E-state index >= 15 is 0 Å². The van der Waals surface area contributed by atoms with E-state index in [4.69, 9.17) is 10.5 Å². The number of hydrogen-bond acceptors (Lipinski definition) is 2. The molecule has 0 atom stereocenters. The van der Waals surface area contributed by atoms with Gasteiger partial charge in [0.25, 0.3) is 0 Å². The van der Waals surface area contributed by atoms with Crippen LogP contribution in [0.4, 0.5) is 4.39 Å². The van der Waals surface area contributed by atoms with E-state index in [9.17, 15) is 4.39 Å². The SMILES string of the molecule is COc1cc(F)cc(C2(CN)CCCCC2)c1C. The van der Waals surface area contributed by atoms with E-state index < -0.39 is 0 Å². The maximum atomic E-state index is 13.7. The van der Waals surface area contributed by atoms with E-state index in [2.05, 4.69) is 0 Å². The van der Waals surface area contributed by atoms with Gasteiger partial charge in [0, 0.05) is 18.0 Å². The van der Waals surface area contributed by atoms with Crippen LogP contribution in [0.1, 0.15) is 43.2 Å². The first kappa shape index (κ1) is 13.3. The molecule has 18 heavy (non-hydrogen) atoms. The Kier molecular flexibility index (Phi) is 3.91. The first-order valence-electron chi connectivity index (χ1n) is 6.67. The Morgan fingerprint density at radius 3 is 2.50 bits per heavy atom. The second-order valence-corrected chi connectivity index (χ2v) is 5.33. The molecule has 1 aliphatic rings. The number of halogens is 1. The Morgan fingerprint density at radius 1 is 1.28 bits per heavy atom. The topological polar surface area (TPSA) is 35.2 Å². The summed E-state index contributed by atoms with van der Waals surface area (Å²) in [6.45, 7) is 2.58. The van der Waals surface area contributed by atoms with Gasteiger partial charge in [-0.3, -0.25) is 0 Å². The van der Waals surface area contributed by atoms with Gasteiger partial charge in [-0.1, -0.05) is 19.3 Å². The lowest BCUT2D eigenvalue weighted by atomic mass is 9.68. The number of ether oxygens (including phenoxy) is 1. The molecule has 2 rings (SSSR count). The van der Waals surface area contributed by atoms with Gasteiger partial charge in [-0.25, -0.2) is 4.39 Å². The van der Waals surface area contributed by atoms with Gasteiger partial charge >= 0.3 is 0 Å². The quantitative estimate of drug-likeness (QED) is 0.894. The average molecular weight is 251 g/mol. The van der Waals surface area contributed by atoms with Gasteiger partial charge in [0.2, 0.25) is 0 Å². The zero-order valence-electron chi connectivity index (χ0n) is 11.3. The van der Waals surface area contributed by atoms with Crippen LogP contribution in [0.5, 0.6) is 5.75 Å². The highest BCUT2D eigenvalue weighted by Crippen LogP contribution is 2.42. The van der Waals surface area contributed by atoms with Crippen LogP contribution >= 0.6 is 0 Å². The van der Waals surface area contributed by atoms with Gasteiger partial charge in [0.05, 0.1) is 7.11 Å². The van der Waals surface area contributed by atoms with Crippen LogP contribution in [-0.2, 0) is 5.41 Å². The second-order valence-electron chi connectivity index (χ2n) is 5.33. The molecule has 0 spiro atoms. The van der Waals surface area contributed by atoms with E-state index in [1.165, 1.54) is 25.3 Å². The molecule has 3 heteroatoms. The molecule has 0 aromatic heterocycles. The molecule has 1 saturated carbocycles. The lowest BCUT2D eigenvalue weighted by Gasteiger charge is -2.38. The van der Waals surface area contributed by atoms with Crippen molar-refractivity contribution in [1.82, 2.24) is 0 Å². The first-order chi connectivity index (χ1) is 8.63. The predicted molar refractivity (Wildman–Crippen MR) is 71.5 cm³/mol. The minimum Gasteiger partial charge on any atom is -0.496 e. The predicted octanol–water partition coefficient (Wildman–Crippen LogP) is 3.30. The minimum atomic E-state index is -0.231. The Hall–Kier alpha value is -1.09. The Morgan fingerprint density at radius 2 is 1.94 bits per heavy atom. The van der Waals surface area contributed by atoms with Crippen LogP contribution in [0.25, 0.3) is 0 Å². The molecule has 0 saturated heterocycles. The van der Waals surface area contributed by atoms with Crippen LogP contribution in [0, 0.1) is 12.7 Å². The fraction of sp³-hybridized carbons (Fsp3) is 0.600. The highest BCUT2D eigenvalue weighted by Gasteiger charge is 2.34. The van der Waals surface area contributed by atoms with Crippen molar-refractivity contribution in [2.45, 2.75) is 44.4 Å². The standard InChI is InChI=1S/C15H22FNO/c1-11-13(8-12(16)9-14(11)18-2)15(10-17)6-4-3-5-7-15/h8-9H,3-7,10,17H2,1-2H3. The van der Waals surface area contributed by atoms with Gasteiger partial charge < -0.3 is 10.5 Å². The maximum absolute atomic E-state index is 13.7. The van der Waals surface area contributed by atoms with E-state index in [1.54, 1.807) is 13.2 Å². The zero-order valence-corrected chi connectivity index (χ0v) is 11.3. The molecule has 0 amide bonds. The second kappa shape index (κ2) is 5.27. The summed E-state index contributed by atoms with van der Waals surface area (Å²) < 4.78 is 19.0. The van der Waals surface area contributed by atoms with Gasteiger partial charge in [-0.15, -0.1) is 0 Å². The molecule has 1 aromatic rings. The van der Waals surface area contributed by atoms with Crippen molar-refractivity contribution in [1.29, 1.82) is 0 Å². The normalized spacial score (nSPS) is 18.7. The summed E-state index contributed by atoms with van der Waals surface area (Å²) in [5, 5.41) is 0. The molecule has 2 N–H and O–H groups in total. The van der Waals surface area contributed by atoms with Gasteiger partial charge in [0.15, 0.2) is 0 Å². The highest BCUT2D eigenvalue weighted by molar-refractivity contribution is 5.44. The van der Waals surface area contributed by atoms with Crippen LogP contribution in [0.3, 0.4) is 0 Å². The van der Waals surface area contributed by atoms with Crippen molar-refractivity contribution in [3.63, 3.8) is 0 Å². The highest BCUT2D eigenvalue weighted by atomic mass is 19.1. The lowest BCUT2D eigenvalue weighted by molar-refractivity contribution is 0.296. The fourth-order valence-corrected chi connectivity index (χ4v) is 3.23. The summed E-state index contributed by atoms with van der Waals surface area (Å²) in [4.78, 5) is 0. The third kappa shape index (κ3) is 2.24. The van der Waals surface area contributed by atoms with Crippen LogP contribution in [-0.4, -0.2) is 13.7 Å². The Bertz CT molecular complexity index is 425. The Labute approximate surface area is 108 Å². The van der Waals surface area contributed by atoms with E-state index in [0.29, 0.717) is 12.3 Å². The van der Waals surface area contributed by atoms with Crippen molar-refractivity contribution >= 4 is 0 Å². The Balaban J connectivity index is 2.50. The summed E-state index contributed by atoms with van der Waals surface area (Å²) in [6, 6.07) is 3.10. The number of rotatable bonds is 3. The molecule has 100 valence electrons. The van der Waals surface area contributed by atoms with Crippen molar-refractivity contribution in [3.8, 4) is 5.75 Å². The lowest BCUT2D eigenvalue weighted by Crippen LogP contribution is -2.38. The molecular formula is C15H22FNO. The maximum Gasteiger partial charge on any atom is 0.127 e. The van der Waals surface area contributed by atoms with Crippen LogP contribution in [0.15, 0.2) is 12.1 Å². The van der Waals surface area contributed by atoms with E-state index in [0.717, 1.165) is 24.0 Å². The summed E-state index contributed by atoms with van der Waals surface area (Å²) >= 11 is 0. The largest absolute Gasteiger partial charge is 0.496 e. The van der Waals surface area contributed by atoms with Crippen molar-refractivity contribution in [2.24, 2.45) is 5.73 Å². The smallest absolute Gasteiger partial charge is 0.127 e. The van der Waals surface area contributed by atoms with E-state index in [-0.39, 0.29) is 11.2 Å². The van der Waals surface area contributed by atoms with E-state index in [1.807, 2.05) is 6.92 Å². The van der Waals surface area contributed by atoms with Crippen molar-refractivity contribution < 1.29 is 9.13 Å². The number of nitrogens with two attached hydrogens (primary N) is 1. The summed E-state index contributed by atoms with van der Waals surface area (Å²) in [7, 11) is 1.58.